The molecule has 0 amide bonds. The first-order chi connectivity index (χ1) is 8.50. The van der Waals surface area contributed by atoms with Gasteiger partial charge in [0.25, 0.3) is 0 Å². The average molecular weight is 288 g/mol. The Hall–Kier alpha value is -0.580. The zero-order valence-corrected chi connectivity index (χ0v) is 11.8. The van der Waals surface area contributed by atoms with Crippen molar-refractivity contribution in [2.45, 2.75) is 36.6 Å². The summed E-state index contributed by atoms with van der Waals surface area (Å²) >= 11 is 5.93. The fourth-order valence-corrected chi connectivity index (χ4v) is 4.66. The number of rotatable bonds is 4. The smallest absolute Gasteiger partial charge is 0.181 e. The lowest BCUT2D eigenvalue weighted by Crippen LogP contribution is -2.35. The molecule has 1 fully saturated rings. The Kier molecular flexibility index (Phi) is 4.30. The van der Waals surface area contributed by atoms with Crippen molar-refractivity contribution < 1.29 is 8.42 Å². The van der Waals surface area contributed by atoms with E-state index in [2.05, 4.69) is 0 Å². The Morgan fingerprint density at radius 2 is 1.89 bits per heavy atom. The first-order valence-electron chi connectivity index (χ1n) is 6.23. The van der Waals surface area contributed by atoms with Crippen LogP contribution in [-0.4, -0.2) is 20.2 Å². The third-order valence-corrected chi connectivity index (χ3v) is 5.88. The molecule has 0 saturated heterocycles. The summed E-state index contributed by atoms with van der Waals surface area (Å²) in [5, 5.41) is 0.274. The topological polar surface area (TPSA) is 60.2 Å². The fraction of sp³-hybridized carbons (Fsp3) is 0.538. The maximum absolute atomic E-state index is 12.3. The largest absolute Gasteiger partial charge is 0.327 e. The molecule has 0 spiro atoms. The monoisotopic (exact) mass is 287 g/mol. The summed E-state index contributed by atoms with van der Waals surface area (Å²) in [5.74, 6) is 0.323. The molecular weight excluding hydrogens is 270 g/mol. The predicted octanol–water partition coefficient (Wildman–Crippen LogP) is 2.63. The van der Waals surface area contributed by atoms with Gasteiger partial charge in [-0.25, -0.2) is 8.42 Å². The molecule has 18 heavy (non-hydrogen) atoms. The van der Waals surface area contributed by atoms with Crippen molar-refractivity contribution in [3.8, 4) is 0 Å². The molecule has 0 aromatic heterocycles. The van der Waals surface area contributed by atoms with E-state index >= 15 is 0 Å². The molecule has 1 atom stereocenters. The zero-order valence-electron chi connectivity index (χ0n) is 10.2. The predicted molar refractivity (Wildman–Crippen MR) is 73.4 cm³/mol. The van der Waals surface area contributed by atoms with Gasteiger partial charge >= 0.3 is 0 Å². The van der Waals surface area contributed by atoms with E-state index in [0.29, 0.717) is 5.92 Å². The highest BCUT2D eigenvalue weighted by Gasteiger charge is 2.28. The molecule has 5 heteroatoms. The Morgan fingerprint density at radius 3 is 2.50 bits per heavy atom. The lowest BCUT2D eigenvalue weighted by molar-refractivity contribution is 0.455. The quantitative estimate of drug-likeness (QED) is 0.926. The van der Waals surface area contributed by atoms with Crippen LogP contribution in [0.5, 0.6) is 0 Å². The SMILES string of the molecule is NC(CS(=O)(=O)c1ccccc1Cl)C1CCCC1. The highest BCUT2D eigenvalue weighted by atomic mass is 35.5. The second-order valence-electron chi connectivity index (χ2n) is 4.92. The van der Waals surface area contributed by atoms with E-state index in [9.17, 15) is 8.42 Å². The van der Waals surface area contributed by atoms with Crippen molar-refractivity contribution in [3.05, 3.63) is 29.3 Å². The second-order valence-corrected chi connectivity index (χ2v) is 7.33. The number of halogens is 1. The van der Waals surface area contributed by atoms with Crippen LogP contribution >= 0.6 is 11.6 Å². The minimum atomic E-state index is -3.38. The van der Waals surface area contributed by atoms with Crippen LogP contribution in [0.3, 0.4) is 0 Å². The van der Waals surface area contributed by atoms with Gasteiger partial charge in [-0.3, -0.25) is 0 Å². The number of nitrogens with two attached hydrogens (primary N) is 1. The molecule has 0 radical (unpaired) electrons. The van der Waals surface area contributed by atoms with Gasteiger partial charge in [0.1, 0.15) is 0 Å². The van der Waals surface area contributed by atoms with Crippen LogP contribution in [-0.2, 0) is 9.84 Å². The van der Waals surface area contributed by atoms with Crippen LogP contribution in [0, 0.1) is 5.92 Å². The Bertz CT molecular complexity index is 509. The maximum atomic E-state index is 12.3. The average Bonchev–Trinajstić information content (AvgIpc) is 2.82. The summed E-state index contributed by atoms with van der Waals surface area (Å²) in [5.41, 5.74) is 6.03. The molecule has 1 saturated carbocycles. The molecule has 1 aliphatic carbocycles. The molecule has 2 rings (SSSR count). The van der Waals surface area contributed by atoms with Gasteiger partial charge in [0.2, 0.25) is 0 Å². The summed E-state index contributed by atoms with van der Waals surface area (Å²) in [6.45, 7) is 0. The lowest BCUT2D eigenvalue weighted by atomic mass is 10.0. The Labute approximate surface area is 113 Å². The molecule has 0 bridgehead atoms. The van der Waals surface area contributed by atoms with Gasteiger partial charge in [0.15, 0.2) is 9.84 Å². The van der Waals surface area contributed by atoms with E-state index in [0.717, 1.165) is 25.7 Å². The molecule has 3 nitrogen and oxygen atoms in total. The van der Waals surface area contributed by atoms with Gasteiger partial charge < -0.3 is 5.73 Å². The van der Waals surface area contributed by atoms with Gasteiger partial charge in [-0.15, -0.1) is 0 Å². The van der Waals surface area contributed by atoms with Crippen molar-refractivity contribution in [1.82, 2.24) is 0 Å². The lowest BCUT2D eigenvalue weighted by Gasteiger charge is -2.19. The van der Waals surface area contributed by atoms with Gasteiger partial charge in [0, 0.05) is 6.04 Å². The van der Waals surface area contributed by atoms with Gasteiger partial charge in [0.05, 0.1) is 15.7 Å². The van der Waals surface area contributed by atoms with E-state index < -0.39 is 9.84 Å². The molecule has 1 aliphatic rings. The van der Waals surface area contributed by atoms with E-state index in [1.807, 2.05) is 0 Å². The fourth-order valence-electron chi connectivity index (χ4n) is 2.56. The van der Waals surface area contributed by atoms with E-state index in [-0.39, 0.29) is 21.7 Å². The van der Waals surface area contributed by atoms with Crippen molar-refractivity contribution in [3.63, 3.8) is 0 Å². The van der Waals surface area contributed by atoms with Crippen LogP contribution in [0.2, 0.25) is 5.02 Å². The van der Waals surface area contributed by atoms with Crippen LogP contribution in [0.25, 0.3) is 0 Å². The second kappa shape index (κ2) is 5.59. The standard InChI is InChI=1S/C13H18ClNO2S/c14-11-7-3-4-8-13(11)18(16,17)9-12(15)10-5-1-2-6-10/h3-4,7-8,10,12H,1-2,5-6,9,15H2. The van der Waals surface area contributed by atoms with Crippen molar-refractivity contribution in [2.75, 3.05) is 5.75 Å². The molecule has 2 N–H and O–H groups in total. The molecule has 1 aromatic carbocycles. The van der Waals surface area contributed by atoms with Crippen LogP contribution in [0.15, 0.2) is 29.2 Å². The number of benzene rings is 1. The molecular formula is C13H18ClNO2S. The van der Waals surface area contributed by atoms with E-state index in [1.54, 1.807) is 24.3 Å². The summed E-state index contributed by atoms with van der Waals surface area (Å²) in [6, 6.07) is 6.25. The zero-order chi connectivity index (χ0) is 13.2. The molecule has 0 aliphatic heterocycles. The number of hydrogen-bond donors (Lipinski definition) is 1. The van der Waals surface area contributed by atoms with Crippen LogP contribution in [0.4, 0.5) is 0 Å². The third kappa shape index (κ3) is 3.05. The van der Waals surface area contributed by atoms with Gasteiger partial charge in [-0.2, -0.15) is 0 Å². The summed E-state index contributed by atoms with van der Waals surface area (Å²) in [7, 11) is -3.38. The van der Waals surface area contributed by atoms with Gasteiger partial charge in [-0.1, -0.05) is 36.6 Å². The van der Waals surface area contributed by atoms with Crippen LogP contribution < -0.4 is 5.73 Å². The first kappa shape index (κ1) is 13.8. The van der Waals surface area contributed by atoms with E-state index in [1.165, 1.54) is 0 Å². The highest BCUT2D eigenvalue weighted by molar-refractivity contribution is 7.91. The minimum Gasteiger partial charge on any atom is -0.327 e. The highest BCUT2D eigenvalue weighted by Crippen LogP contribution is 2.29. The Balaban J connectivity index is 2.14. The van der Waals surface area contributed by atoms with Crippen molar-refractivity contribution in [2.24, 2.45) is 11.7 Å². The summed E-state index contributed by atoms with van der Waals surface area (Å²) in [6.07, 6.45) is 4.40. The van der Waals surface area contributed by atoms with Crippen LogP contribution in [0.1, 0.15) is 25.7 Å². The maximum Gasteiger partial charge on any atom is 0.181 e. The summed E-state index contributed by atoms with van der Waals surface area (Å²) < 4.78 is 24.5. The Morgan fingerprint density at radius 1 is 1.28 bits per heavy atom. The molecule has 0 heterocycles. The molecule has 1 unspecified atom stereocenters. The third-order valence-electron chi connectivity index (χ3n) is 3.59. The first-order valence-corrected chi connectivity index (χ1v) is 8.26. The normalized spacial score (nSPS) is 19.0. The van der Waals surface area contributed by atoms with Crippen molar-refractivity contribution >= 4 is 21.4 Å². The minimum absolute atomic E-state index is 0.0125. The van der Waals surface area contributed by atoms with Gasteiger partial charge in [-0.05, 0) is 30.9 Å². The number of hydrogen-bond acceptors (Lipinski definition) is 3. The number of sulfone groups is 1. The van der Waals surface area contributed by atoms with E-state index in [4.69, 9.17) is 17.3 Å². The summed E-state index contributed by atoms with van der Waals surface area (Å²) in [4.78, 5) is 0.195. The molecule has 100 valence electrons. The molecule has 1 aromatic rings. The van der Waals surface area contributed by atoms with Crippen molar-refractivity contribution in [1.29, 1.82) is 0 Å².